The van der Waals surface area contributed by atoms with Crippen LogP contribution in [0.5, 0.6) is 0 Å². The van der Waals surface area contributed by atoms with Crippen molar-refractivity contribution >= 4 is 19.6 Å². The Bertz CT molecular complexity index is 2800. The Kier molecular flexibility index (Phi) is 56.2. The van der Waals surface area contributed by atoms with E-state index in [0.29, 0.717) is 46.1 Å². The molecule has 0 bridgehead atoms. The van der Waals surface area contributed by atoms with E-state index in [4.69, 9.17) is 37.3 Å². The molecule has 0 aliphatic heterocycles. The molecule has 1 aliphatic rings. The van der Waals surface area contributed by atoms with Gasteiger partial charge in [0.15, 0.2) is 0 Å². The van der Waals surface area contributed by atoms with Crippen LogP contribution in [0.3, 0.4) is 0 Å². The summed E-state index contributed by atoms with van der Waals surface area (Å²) < 4.78 is 69.6. The number of ether oxygens (including phenoxy) is 7. The van der Waals surface area contributed by atoms with Gasteiger partial charge >= 0.3 is 7.60 Å². The monoisotopic (exact) mass is 1560 g/mol. The van der Waals surface area contributed by atoms with Crippen LogP contribution in [0, 0.1) is 0 Å². The number of unbranched alkanes of at least 4 members (excludes halogenated alkanes) is 40. The number of hydrogen-bond donors (Lipinski definition) is 2. The van der Waals surface area contributed by atoms with Crippen LogP contribution in [0.1, 0.15) is 337 Å². The van der Waals surface area contributed by atoms with Crippen LogP contribution >= 0.6 is 19.6 Å². The molecule has 1 fully saturated rings. The Morgan fingerprint density at radius 3 is 0.927 bits per heavy atom. The first-order valence-corrected chi connectivity index (χ1v) is 47.4. The fourth-order valence-electron chi connectivity index (χ4n) is 15.2. The molecular formula is C97H153O11PS. The maximum absolute atomic E-state index is 11.3. The largest absolute Gasteiger partial charge is 0.379 e. The van der Waals surface area contributed by atoms with Crippen molar-refractivity contribution in [1.29, 1.82) is 0 Å². The fraction of sp³-hybridized carbons (Fsp3) is 0.670. The molecule has 2 N–H and O–H groups in total. The van der Waals surface area contributed by atoms with E-state index in [-0.39, 0.29) is 17.5 Å². The highest BCUT2D eigenvalue weighted by molar-refractivity contribution is 7.95. The predicted octanol–water partition coefficient (Wildman–Crippen LogP) is 27.4. The van der Waals surface area contributed by atoms with E-state index in [1.54, 1.807) is 12.0 Å². The maximum atomic E-state index is 11.3. The minimum absolute atomic E-state index is 0.000644. The van der Waals surface area contributed by atoms with Gasteiger partial charge in [-0.1, -0.05) is 415 Å². The van der Waals surface area contributed by atoms with Crippen LogP contribution in [0.2, 0.25) is 0 Å². The Balaban J connectivity index is 1.22. The van der Waals surface area contributed by atoms with E-state index >= 15 is 0 Å². The zero-order valence-corrected chi connectivity index (χ0v) is 70.7. The lowest BCUT2D eigenvalue weighted by molar-refractivity contribution is -0.277. The highest BCUT2D eigenvalue weighted by Crippen LogP contribution is 2.40. The van der Waals surface area contributed by atoms with Crippen LogP contribution in [-0.2, 0) is 74.9 Å². The lowest BCUT2D eigenvalue weighted by atomic mass is 9.83. The molecule has 11 nitrogen and oxygen atoms in total. The minimum atomic E-state index is -3.90. The summed E-state index contributed by atoms with van der Waals surface area (Å²) in [5.41, 5.74) is 5.24. The Morgan fingerprint density at radius 1 is 0.336 bits per heavy atom. The number of hydrogen-bond acceptors (Lipinski definition) is 10. The van der Waals surface area contributed by atoms with Crippen molar-refractivity contribution < 1.29 is 51.7 Å². The molecule has 0 aromatic heterocycles. The third kappa shape index (κ3) is 47.1. The molecule has 1 aliphatic carbocycles. The molecular weight excluding hydrogens is 1400 g/mol. The van der Waals surface area contributed by atoms with E-state index in [9.17, 15) is 14.4 Å². The molecule has 8 atom stereocenters. The molecule has 4 unspecified atom stereocenters. The molecule has 0 amide bonds. The first-order valence-electron chi connectivity index (χ1n) is 44.8. The lowest BCUT2D eigenvalue weighted by Gasteiger charge is -2.49. The van der Waals surface area contributed by atoms with Gasteiger partial charge in [0.1, 0.15) is 36.6 Å². The van der Waals surface area contributed by atoms with Crippen molar-refractivity contribution in [2.45, 2.75) is 390 Å². The summed E-state index contributed by atoms with van der Waals surface area (Å²) in [7, 11) is -3.90. The SMILES string of the molecule is CCCCCCCCCCCCCCCCCCOCC(CC(CCCCCC/C=C\CCCCCCCCP(=O)(O)O)SOC1[C@@H](OCc2ccccc2)[C@H](OCc2ccccc2)C(OCc2ccccc2)[C@H](OCc2ccccc2)[C@@H]1OCc1ccccc1)OCCCCCCCCCCCCCCCCCC. The number of rotatable bonds is 73. The minimum Gasteiger partial charge on any atom is -0.379 e. The quantitative estimate of drug-likeness (QED) is 0.0166. The smallest absolute Gasteiger partial charge is 0.325 e. The van der Waals surface area contributed by atoms with E-state index in [2.05, 4.69) is 159 Å². The molecule has 0 saturated heterocycles. The van der Waals surface area contributed by atoms with E-state index < -0.39 is 44.2 Å². The second kappa shape index (κ2) is 65.2. The highest BCUT2D eigenvalue weighted by atomic mass is 32.2. The van der Waals surface area contributed by atoms with Crippen molar-refractivity contribution in [3.63, 3.8) is 0 Å². The Hall–Kier alpha value is -3.98. The van der Waals surface area contributed by atoms with Gasteiger partial charge < -0.3 is 47.1 Å². The van der Waals surface area contributed by atoms with E-state index in [1.807, 2.05) is 18.2 Å². The van der Waals surface area contributed by atoms with Crippen molar-refractivity contribution in [2.24, 2.45) is 0 Å². The van der Waals surface area contributed by atoms with Crippen molar-refractivity contribution in [3.05, 3.63) is 192 Å². The highest BCUT2D eigenvalue weighted by Gasteiger charge is 2.56. The van der Waals surface area contributed by atoms with Gasteiger partial charge in [0, 0.05) is 24.6 Å². The van der Waals surface area contributed by atoms with Gasteiger partial charge in [0.05, 0.1) is 45.7 Å². The van der Waals surface area contributed by atoms with Crippen molar-refractivity contribution in [2.75, 3.05) is 26.0 Å². The van der Waals surface area contributed by atoms with Gasteiger partial charge in [-0.3, -0.25) is 4.57 Å². The van der Waals surface area contributed by atoms with Crippen LogP contribution in [0.25, 0.3) is 0 Å². The summed E-state index contributed by atoms with van der Waals surface area (Å²) in [5.74, 6) is 0. The summed E-state index contributed by atoms with van der Waals surface area (Å²) in [5, 5.41) is 0.0555. The first kappa shape index (κ1) is 94.9. The normalized spacial score (nSPS) is 17.3. The second-order valence-electron chi connectivity index (χ2n) is 31.8. The van der Waals surface area contributed by atoms with Gasteiger partial charge in [-0.25, -0.2) is 0 Å². The summed E-state index contributed by atoms with van der Waals surface area (Å²) in [6.45, 7) is 8.25. The summed E-state index contributed by atoms with van der Waals surface area (Å²) in [6, 6.07) is 52.0. The molecule has 5 aromatic rings. The molecule has 5 aromatic carbocycles. The van der Waals surface area contributed by atoms with Gasteiger partial charge in [0.25, 0.3) is 0 Å². The predicted molar refractivity (Wildman–Crippen MR) is 462 cm³/mol. The molecule has 110 heavy (non-hydrogen) atoms. The molecule has 13 heteroatoms. The van der Waals surface area contributed by atoms with Gasteiger partial charge in [-0.05, 0) is 97.6 Å². The topological polar surface area (TPSA) is 131 Å². The van der Waals surface area contributed by atoms with Crippen molar-refractivity contribution in [1.82, 2.24) is 0 Å². The van der Waals surface area contributed by atoms with Crippen LogP contribution in [0.4, 0.5) is 0 Å². The van der Waals surface area contributed by atoms with Crippen LogP contribution < -0.4 is 0 Å². The first-order chi connectivity index (χ1) is 54.3. The number of benzene rings is 5. The van der Waals surface area contributed by atoms with Gasteiger partial charge in [-0.2, -0.15) is 0 Å². The van der Waals surface area contributed by atoms with E-state index in [1.165, 1.54) is 193 Å². The average molecular weight is 1560 g/mol. The second-order valence-corrected chi connectivity index (χ2v) is 34.6. The molecule has 0 radical (unpaired) electrons. The third-order valence-electron chi connectivity index (χ3n) is 21.9. The third-order valence-corrected chi connectivity index (χ3v) is 23.8. The van der Waals surface area contributed by atoms with E-state index in [0.717, 1.165) is 137 Å². The number of allylic oxidation sites excluding steroid dienone is 2. The Morgan fingerprint density at radius 2 is 0.609 bits per heavy atom. The van der Waals surface area contributed by atoms with Crippen LogP contribution in [-0.4, -0.2) is 83.7 Å². The van der Waals surface area contributed by atoms with Gasteiger partial charge in [-0.15, -0.1) is 0 Å². The molecule has 0 heterocycles. The summed E-state index contributed by atoms with van der Waals surface area (Å²) in [6.07, 6.45) is 57.8. The molecule has 1 saturated carbocycles. The Labute approximate surface area is 675 Å². The van der Waals surface area contributed by atoms with Crippen molar-refractivity contribution in [3.8, 4) is 0 Å². The lowest BCUT2D eigenvalue weighted by Crippen LogP contribution is -2.67. The zero-order chi connectivity index (χ0) is 77.4. The summed E-state index contributed by atoms with van der Waals surface area (Å²) >= 11 is 1.58. The van der Waals surface area contributed by atoms with Gasteiger partial charge in [0.2, 0.25) is 0 Å². The zero-order valence-electron chi connectivity index (χ0n) is 69.0. The maximum Gasteiger partial charge on any atom is 0.325 e. The molecule has 618 valence electrons. The molecule has 6 rings (SSSR count). The standard InChI is InChI=1S/C97H153O11PS/c1-3-5-7-9-11-13-15-17-19-22-26-30-34-38-42-61-75-101-84-90(102-76-62-43-39-35-31-27-23-20-18-16-14-12-10-8-6-4-2)78-91(74-60-41-37-33-29-25-21-24-28-32-36-40-44-63-77-109(98,99)100)110-108-97-95(106-82-88-70-56-48-57-71-88)93(104-80-86-66-52-46-53-67-86)92(103-79-85-64-50-45-51-65-85)94(105-81-87-68-54-47-55-69-87)96(97)107-83-89-72-58-49-59-73-89/h21,25,45-59,64-73,90-97H,3-20,22-24,26-44,60-63,74-84H2,1-2H3,(H2,98,99,100)/b25-21-/t90?,91?,92?,93-,94+,95-,96-,97?/m0/s1. The summed E-state index contributed by atoms with van der Waals surface area (Å²) in [4.78, 5) is 18.4. The molecule has 0 spiro atoms. The van der Waals surface area contributed by atoms with Crippen LogP contribution in [0.15, 0.2) is 164 Å². The fourth-order valence-corrected chi connectivity index (χ4v) is 16.9. The average Bonchev–Trinajstić information content (AvgIpc) is 0.763.